The SMILES string of the molecule is COC=C(COc1cccc(C(F)(F)F)n1)C(=O)O. The van der Waals surface area contributed by atoms with E-state index in [0.717, 1.165) is 18.4 Å². The summed E-state index contributed by atoms with van der Waals surface area (Å²) in [6.45, 7) is -0.461. The lowest BCUT2D eigenvalue weighted by Gasteiger charge is -2.09. The van der Waals surface area contributed by atoms with Crippen LogP contribution in [0.3, 0.4) is 0 Å². The number of ether oxygens (including phenoxy) is 2. The third-order valence-corrected chi connectivity index (χ3v) is 1.92. The second-order valence-corrected chi connectivity index (χ2v) is 3.33. The number of hydrogen-bond acceptors (Lipinski definition) is 4. The first-order valence-corrected chi connectivity index (χ1v) is 4.96. The summed E-state index contributed by atoms with van der Waals surface area (Å²) >= 11 is 0. The number of alkyl halides is 3. The first-order chi connectivity index (χ1) is 8.84. The van der Waals surface area contributed by atoms with Crippen LogP contribution in [0.25, 0.3) is 0 Å². The normalized spacial score (nSPS) is 12.1. The standard InChI is InChI=1S/C11H10F3NO4/c1-18-5-7(10(16)17)6-19-9-4-2-3-8(15-9)11(12,13)14/h2-5H,6H2,1H3,(H,16,17). The van der Waals surface area contributed by atoms with Crippen LogP contribution in [0.2, 0.25) is 0 Å². The molecular weight excluding hydrogens is 267 g/mol. The van der Waals surface area contributed by atoms with Crippen LogP contribution in [0.5, 0.6) is 5.88 Å². The Hall–Kier alpha value is -2.25. The Morgan fingerprint density at radius 2 is 2.16 bits per heavy atom. The molecule has 8 heteroatoms. The van der Waals surface area contributed by atoms with E-state index in [1.807, 2.05) is 0 Å². The lowest BCUT2D eigenvalue weighted by Crippen LogP contribution is -2.13. The molecule has 104 valence electrons. The summed E-state index contributed by atoms with van der Waals surface area (Å²) in [6.07, 6.45) is -3.66. The number of nitrogens with zero attached hydrogens (tertiary/aromatic N) is 1. The van der Waals surface area contributed by atoms with E-state index < -0.39 is 24.4 Å². The van der Waals surface area contributed by atoms with Gasteiger partial charge in [-0.05, 0) is 6.07 Å². The topological polar surface area (TPSA) is 68.7 Å². The van der Waals surface area contributed by atoms with Crippen molar-refractivity contribution < 1.29 is 32.5 Å². The molecule has 0 fully saturated rings. The summed E-state index contributed by atoms with van der Waals surface area (Å²) in [5, 5.41) is 8.74. The van der Waals surface area contributed by atoms with Gasteiger partial charge in [-0.15, -0.1) is 0 Å². The van der Waals surface area contributed by atoms with E-state index in [-0.39, 0.29) is 11.5 Å². The highest BCUT2D eigenvalue weighted by atomic mass is 19.4. The van der Waals surface area contributed by atoms with Gasteiger partial charge in [-0.1, -0.05) is 6.07 Å². The fourth-order valence-electron chi connectivity index (χ4n) is 1.09. The fourth-order valence-corrected chi connectivity index (χ4v) is 1.09. The van der Waals surface area contributed by atoms with Gasteiger partial charge >= 0.3 is 12.1 Å². The molecule has 19 heavy (non-hydrogen) atoms. The molecule has 0 spiro atoms. The minimum atomic E-state index is -4.59. The number of carboxylic acids is 1. The molecule has 0 bridgehead atoms. The number of methoxy groups -OCH3 is 1. The van der Waals surface area contributed by atoms with E-state index in [0.29, 0.717) is 0 Å². The largest absolute Gasteiger partial charge is 0.504 e. The number of carbonyl (C=O) groups is 1. The Kier molecular flexibility index (Phi) is 4.74. The van der Waals surface area contributed by atoms with E-state index >= 15 is 0 Å². The molecule has 0 aliphatic rings. The van der Waals surface area contributed by atoms with Crippen LogP contribution in [-0.4, -0.2) is 29.8 Å². The zero-order chi connectivity index (χ0) is 14.5. The summed E-state index contributed by atoms with van der Waals surface area (Å²) in [4.78, 5) is 13.9. The summed E-state index contributed by atoms with van der Waals surface area (Å²) < 4.78 is 46.5. The van der Waals surface area contributed by atoms with Crippen molar-refractivity contribution in [2.24, 2.45) is 0 Å². The van der Waals surface area contributed by atoms with Crippen LogP contribution in [0.15, 0.2) is 30.0 Å². The molecule has 1 aromatic heterocycles. The Balaban J connectivity index is 2.78. The van der Waals surface area contributed by atoms with Gasteiger partial charge < -0.3 is 14.6 Å². The van der Waals surface area contributed by atoms with Crippen molar-refractivity contribution in [1.82, 2.24) is 4.98 Å². The summed E-state index contributed by atoms with van der Waals surface area (Å²) in [5.41, 5.74) is -1.36. The van der Waals surface area contributed by atoms with E-state index in [1.54, 1.807) is 0 Å². The third kappa shape index (κ3) is 4.49. The van der Waals surface area contributed by atoms with Crippen LogP contribution in [0.1, 0.15) is 5.69 Å². The highest BCUT2D eigenvalue weighted by Gasteiger charge is 2.32. The lowest BCUT2D eigenvalue weighted by molar-refractivity contribution is -0.141. The maximum absolute atomic E-state index is 12.4. The van der Waals surface area contributed by atoms with Crippen LogP contribution in [-0.2, 0) is 15.7 Å². The molecule has 1 N–H and O–H groups in total. The van der Waals surface area contributed by atoms with Crippen molar-refractivity contribution in [3.05, 3.63) is 35.7 Å². The summed E-state index contributed by atoms with van der Waals surface area (Å²) in [7, 11) is 1.24. The molecule has 0 aliphatic carbocycles. The van der Waals surface area contributed by atoms with Crippen molar-refractivity contribution in [1.29, 1.82) is 0 Å². The Morgan fingerprint density at radius 1 is 1.47 bits per heavy atom. The lowest BCUT2D eigenvalue weighted by atomic mass is 10.3. The Morgan fingerprint density at radius 3 is 2.68 bits per heavy atom. The van der Waals surface area contributed by atoms with Gasteiger partial charge in [-0.2, -0.15) is 13.2 Å². The minimum Gasteiger partial charge on any atom is -0.504 e. The number of hydrogen-bond donors (Lipinski definition) is 1. The van der Waals surface area contributed by atoms with Crippen molar-refractivity contribution >= 4 is 5.97 Å². The highest BCUT2D eigenvalue weighted by Crippen LogP contribution is 2.28. The van der Waals surface area contributed by atoms with Crippen LogP contribution < -0.4 is 4.74 Å². The number of aliphatic carboxylic acids is 1. The van der Waals surface area contributed by atoms with Crippen molar-refractivity contribution in [2.45, 2.75) is 6.18 Å². The third-order valence-electron chi connectivity index (χ3n) is 1.92. The molecule has 0 atom stereocenters. The average Bonchev–Trinajstić information content (AvgIpc) is 2.33. The molecule has 0 unspecified atom stereocenters. The summed E-state index contributed by atoms with van der Waals surface area (Å²) in [6, 6.07) is 3.10. The molecule has 5 nitrogen and oxygen atoms in total. The molecular formula is C11H10F3NO4. The van der Waals surface area contributed by atoms with Gasteiger partial charge in [-0.25, -0.2) is 9.78 Å². The second kappa shape index (κ2) is 6.07. The molecule has 1 aromatic rings. The number of aromatic nitrogens is 1. The fraction of sp³-hybridized carbons (Fsp3) is 0.273. The predicted molar refractivity (Wildman–Crippen MR) is 57.5 cm³/mol. The number of carboxylic acid groups (broad SMARTS) is 1. The molecule has 0 saturated heterocycles. The summed E-state index contributed by atoms with van der Waals surface area (Å²) in [5.74, 6) is -1.62. The average molecular weight is 277 g/mol. The van der Waals surface area contributed by atoms with Gasteiger partial charge in [0.2, 0.25) is 5.88 Å². The Bertz CT molecular complexity index is 485. The van der Waals surface area contributed by atoms with Crippen molar-refractivity contribution in [2.75, 3.05) is 13.7 Å². The van der Waals surface area contributed by atoms with Gasteiger partial charge in [0.15, 0.2) is 0 Å². The van der Waals surface area contributed by atoms with E-state index in [4.69, 9.17) is 9.84 Å². The van der Waals surface area contributed by atoms with Crippen LogP contribution >= 0.6 is 0 Å². The van der Waals surface area contributed by atoms with Crippen LogP contribution in [0, 0.1) is 0 Å². The van der Waals surface area contributed by atoms with Crippen molar-refractivity contribution in [3.8, 4) is 5.88 Å². The molecule has 0 aromatic carbocycles. The minimum absolute atomic E-state index is 0.248. The zero-order valence-corrected chi connectivity index (χ0v) is 9.77. The molecule has 0 radical (unpaired) electrons. The van der Waals surface area contributed by atoms with Gasteiger partial charge in [0.25, 0.3) is 0 Å². The first kappa shape index (κ1) is 14.8. The van der Waals surface area contributed by atoms with Crippen LogP contribution in [0.4, 0.5) is 13.2 Å². The molecule has 1 heterocycles. The van der Waals surface area contributed by atoms with E-state index in [2.05, 4.69) is 9.72 Å². The van der Waals surface area contributed by atoms with Crippen molar-refractivity contribution in [3.63, 3.8) is 0 Å². The molecule has 0 saturated carbocycles. The smallest absolute Gasteiger partial charge is 0.433 e. The first-order valence-electron chi connectivity index (χ1n) is 4.96. The highest BCUT2D eigenvalue weighted by molar-refractivity contribution is 5.86. The Labute approximate surface area is 106 Å². The zero-order valence-electron chi connectivity index (χ0n) is 9.77. The predicted octanol–water partition coefficient (Wildman–Crippen LogP) is 2.09. The van der Waals surface area contributed by atoms with Gasteiger partial charge in [-0.3, -0.25) is 0 Å². The van der Waals surface area contributed by atoms with E-state index in [1.165, 1.54) is 13.2 Å². The quantitative estimate of drug-likeness (QED) is 0.659. The molecule has 0 aliphatic heterocycles. The molecule has 1 rings (SSSR count). The van der Waals surface area contributed by atoms with E-state index in [9.17, 15) is 18.0 Å². The molecule has 0 amide bonds. The van der Waals surface area contributed by atoms with Gasteiger partial charge in [0.05, 0.1) is 13.4 Å². The number of halogens is 3. The maximum Gasteiger partial charge on any atom is 0.433 e. The second-order valence-electron chi connectivity index (χ2n) is 3.33. The maximum atomic E-state index is 12.4. The number of rotatable bonds is 5. The monoisotopic (exact) mass is 277 g/mol. The number of pyridine rings is 1. The van der Waals surface area contributed by atoms with Gasteiger partial charge in [0.1, 0.15) is 17.9 Å². The van der Waals surface area contributed by atoms with Gasteiger partial charge in [0, 0.05) is 6.07 Å².